The Kier molecular flexibility index (Phi) is 4.22. The highest BCUT2D eigenvalue weighted by atomic mass is 19.4. The summed E-state index contributed by atoms with van der Waals surface area (Å²) in [5.41, 5.74) is 6.19. The van der Waals surface area contributed by atoms with Crippen molar-refractivity contribution in [1.82, 2.24) is 0 Å². The average Bonchev–Trinajstić information content (AvgIpc) is 2.17. The van der Waals surface area contributed by atoms with Crippen LogP contribution in [0.1, 0.15) is 18.9 Å². The van der Waals surface area contributed by atoms with Crippen LogP contribution in [0.4, 0.5) is 13.2 Å². The predicted molar refractivity (Wildman–Crippen MR) is 56.8 cm³/mol. The third-order valence-corrected chi connectivity index (χ3v) is 2.14. The lowest BCUT2D eigenvalue weighted by atomic mass is 10.1. The quantitative estimate of drug-likeness (QED) is 0.862. The Morgan fingerprint density at radius 1 is 1.41 bits per heavy atom. The first-order valence-electron chi connectivity index (χ1n) is 5.11. The van der Waals surface area contributed by atoms with Gasteiger partial charge in [0.1, 0.15) is 0 Å². The molecule has 0 aliphatic heterocycles. The first-order valence-corrected chi connectivity index (χ1v) is 5.11. The van der Waals surface area contributed by atoms with Gasteiger partial charge in [0.25, 0.3) is 0 Å². The van der Waals surface area contributed by atoms with Gasteiger partial charge in [-0.05, 0) is 37.5 Å². The van der Waals surface area contributed by atoms with Crippen molar-refractivity contribution in [2.24, 2.45) is 5.73 Å². The zero-order chi connectivity index (χ0) is 13.1. The summed E-state index contributed by atoms with van der Waals surface area (Å²) in [4.78, 5) is 0. The Balaban J connectivity index is 2.79. The van der Waals surface area contributed by atoms with E-state index in [1.807, 2.05) is 6.92 Å². The van der Waals surface area contributed by atoms with Crippen LogP contribution in [0.2, 0.25) is 0 Å². The largest absolute Gasteiger partial charge is 0.573 e. The van der Waals surface area contributed by atoms with Crippen molar-refractivity contribution in [3.8, 4) is 11.5 Å². The molecular formula is C11H14F3NO2. The van der Waals surface area contributed by atoms with Crippen LogP contribution in [-0.4, -0.2) is 17.5 Å². The zero-order valence-electron chi connectivity index (χ0n) is 9.29. The van der Waals surface area contributed by atoms with Gasteiger partial charge in [0.15, 0.2) is 11.5 Å². The van der Waals surface area contributed by atoms with Crippen molar-refractivity contribution < 1.29 is 23.0 Å². The maximum Gasteiger partial charge on any atom is 0.573 e. The zero-order valence-corrected chi connectivity index (χ0v) is 9.29. The van der Waals surface area contributed by atoms with Gasteiger partial charge in [-0.1, -0.05) is 6.07 Å². The Labute approximate surface area is 97.0 Å². The van der Waals surface area contributed by atoms with E-state index >= 15 is 0 Å². The van der Waals surface area contributed by atoms with Crippen molar-refractivity contribution in [3.63, 3.8) is 0 Å². The molecule has 0 fully saturated rings. The van der Waals surface area contributed by atoms with Crippen molar-refractivity contribution >= 4 is 0 Å². The van der Waals surface area contributed by atoms with Crippen LogP contribution in [-0.2, 0) is 6.42 Å². The Bertz CT molecular complexity index is 377. The van der Waals surface area contributed by atoms with E-state index in [2.05, 4.69) is 4.74 Å². The van der Waals surface area contributed by atoms with Crippen LogP contribution in [0, 0.1) is 0 Å². The number of ether oxygens (including phenoxy) is 1. The molecular weight excluding hydrogens is 235 g/mol. The van der Waals surface area contributed by atoms with Gasteiger partial charge < -0.3 is 15.6 Å². The van der Waals surface area contributed by atoms with E-state index < -0.39 is 17.9 Å². The molecule has 0 spiro atoms. The van der Waals surface area contributed by atoms with Crippen LogP contribution in [0.15, 0.2) is 18.2 Å². The lowest BCUT2D eigenvalue weighted by molar-refractivity contribution is -0.275. The van der Waals surface area contributed by atoms with Crippen molar-refractivity contribution in [2.75, 3.05) is 0 Å². The summed E-state index contributed by atoms with van der Waals surface area (Å²) in [5, 5.41) is 9.23. The smallest absolute Gasteiger partial charge is 0.504 e. The van der Waals surface area contributed by atoms with Crippen LogP contribution < -0.4 is 10.5 Å². The molecule has 0 aromatic heterocycles. The minimum absolute atomic E-state index is 0.0317. The lowest BCUT2D eigenvalue weighted by Crippen LogP contribution is -2.17. The van der Waals surface area contributed by atoms with Gasteiger partial charge in [0, 0.05) is 6.04 Å². The van der Waals surface area contributed by atoms with E-state index in [1.165, 1.54) is 12.1 Å². The summed E-state index contributed by atoms with van der Waals surface area (Å²) < 4.78 is 39.7. The molecule has 0 aliphatic rings. The van der Waals surface area contributed by atoms with E-state index in [0.29, 0.717) is 18.4 Å². The molecule has 0 aliphatic carbocycles. The third kappa shape index (κ3) is 4.95. The number of aryl methyl sites for hydroxylation is 1. The molecule has 0 amide bonds. The summed E-state index contributed by atoms with van der Waals surface area (Å²) in [6, 6.07) is 3.86. The Morgan fingerprint density at radius 3 is 2.59 bits per heavy atom. The highest BCUT2D eigenvalue weighted by Gasteiger charge is 2.32. The van der Waals surface area contributed by atoms with Gasteiger partial charge >= 0.3 is 6.36 Å². The summed E-state index contributed by atoms with van der Waals surface area (Å²) >= 11 is 0. The molecule has 96 valence electrons. The molecule has 6 heteroatoms. The Morgan fingerprint density at radius 2 is 2.06 bits per heavy atom. The maximum absolute atomic E-state index is 12.0. The van der Waals surface area contributed by atoms with Crippen LogP contribution in [0.25, 0.3) is 0 Å². The number of hydrogen-bond donors (Lipinski definition) is 2. The molecule has 0 saturated heterocycles. The Hall–Kier alpha value is -1.43. The topological polar surface area (TPSA) is 55.5 Å². The molecule has 3 N–H and O–H groups in total. The number of hydrogen-bond acceptors (Lipinski definition) is 3. The fourth-order valence-corrected chi connectivity index (χ4v) is 1.31. The van der Waals surface area contributed by atoms with Crippen LogP contribution in [0.5, 0.6) is 11.5 Å². The number of halogens is 3. The molecule has 1 rings (SSSR count). The van der Waals surface area contributed by atoms with Crippen molar-refractivity contribution in [3.05, 3.63) is 23.8 Å². The molecule has 3 nitrogen and oxygen atoms in total. The van der Waals surface area contributed by atoms with Crippen molar-refractivity contribution in [2.45, 2.75) is 32.2 Å². The fourth-order valence-electron chi connectivity index (χ4n) is 1.31. The first-order chi connectivity index (χ1) is 7.78. The first kappa shape index (κ1) is 13.6. The molecule has 0 bridgehead atoms. The third-order valence-electron chi connectivity index (χ3n) is 2.14. The summed E-state index contributed by atoms with van der Waals surface area (Å²) in [5.74, 6) is -1.12. The highest BCUT2D eigenvalue weighted by molar-refractivity contribution is 5.42. The van der Waals surface area contributed by atoms with Crippen molar-refractivity contribution in [1.29, 1.82) is 0 Å². The second-order valence-corrected chi connectivity index (χ2v) is 3.87. The second-order valence-electron chi connectivity index (χ2n) is 3.87. The monoisotopic (exact) mass is 249 g/mol. The molecule has 1 aromatic carbocycles. The molecule has 1 atom stereocenters. The molecule has 17 heavy (non-hydrogen) atoms. The summed E-state index contributed by atoms with van der Waals surface area (Å²) in [7, 11) is 0. The van der Waals surface area contributed by atoms with Gasteiger partial charge in [-0.15, -0.1) is 13.2 Å². The van der Waals surface area contributed by atoms with Gasteiger partial charge in [0.2, 0.25) is 0 Å². The average molecular weight is 249 g/mol. The second kappa shape index (κ2) is 5.27. The van der Waals surface area contributed by atoms with E-state index in [4.69, 9.17) is 5.73 Å². The number of rotatable bonds is 4. The van der Waals surface area contributed by atoms with Gasteiger partial charge in [-0.3, -0.25) is 0 Å². The standard InChI is InChI=1S/C11H14F3NO2/c1-7(15)2-3-8-4-5-9(16)10(6-8)17-11(12,13)14/h4-7,16H,2-3,15H2,1H3. The number of phenolic OH excluding ortho intramolecular Hbond substituents is 1. The number of nitrogens with two attached hydrogens (primary N) is 1. The predicted octanol–water partition coefficient (Wildman–Crippen LogP) is 2.57. The van der Waals surface area contributed by atoms with Gasteiger partial charge in [-0.2, -0.15) is 0 Å². The molecule has 0 heterocycles. The normalized spacial score (nSPS) is 13.5. The number of alkyl halides is 3. The van der Waals surface area contributed by atoms with E-state index in [9.17, 15) is 18.3 Å². The molecule has 1 unspecified atom stereocenters. The summed E-state index contributed by atoms with van der Waals surface area (Å²) in [6.07, 6.45) is -3.63. The number of phenols is 1. The number of aromatic hydroxyl groups is 1. The van der Waals surface area contributed by atoms with E-state index in [1.54, 1.807) is 6.07 Å². The van der Waals surface area contributed by atoms with E-state index in [0.717, 1.165) is 0 Å². The fraction of sp³-hybridized carbons (Fsp3) is 0.455. The molecule has 0 saturated carbocycles. The van der Waals surface area contributed by atoms with Gasteiger partial charge in [0.05, 0.1) is 0 Å². The van der Waals surface area contributed by atoms with Gasteiger partial charge in [-0.25, -0.2) is 0 Å². The minimum atomic E-state index is -4.81. The molecule has 1 aromatic rings. The minimum Gasteiger partial charge on any atom is -0.504 e. The molecule has 0 radical (unpaired) electrons. The van der Waals surface area contributed by atoms with Crippen LogP contribution in [0.3, 0.4) is 0 Å². The SMILES string of the molecule is CC(N)CCc1ccc(O)c(OC(F)(F)F)c1. The maximum atomic E-state index is 12.0. The highest BCUT2D eigenvalue weighted by Crippen LogP contribution is 2.32. The van der Waals surface area contributed by atoms with E-state index in [-0.39, 0.29) is 6.04 Å². The summed E-state index contributed by atoms with van der Waals surface area (Å²) in [6.45, 7) is 1.81. The van der Waals surface area contributed by atoms with Crippen LogP contribution >= 0.6 is 0 Å². The lowest BCUT2D eigenvalue weighted by Gasteiger charge is -2.12. The number of benzene rings is 1.